The summed E-state index contributed by atoms with van der Waals surface area (Å²) in [6.45, 7) is 4.71. The molecule has 0 amide bonds. The molecule has 0 aliphatic carbocycles. The van der Waals surface area contributed by atoms with Crippen molar-refractivity contribution in [2.45, 2.75) is 13.0 Å². The van der Waals surface area contributed by atoms with Gasteiger partial charge in [0.2, 0.25) is 0 Å². The van der Waals surface area contributed by atoms with Crippen LogP contribution in [0.1, 0.15) is 17.3 Å². The van der Waals surface area contributed by atoms with Crippen LogP contribution in [0.25, 0.3) is 0 Å². The van der Waals surface area contributed by atoms with Gasteiger partial charge in [-0.15, -0.1) is 0 Å². The van der Waals surface area contributed by atoms with Crippen molar-refractivity contribution in [1.29, 1.82) is 0 Å². The van der Waals surface area contributed by atoms with E-state index in [-0.39, 0.29) is 0 Å². The highest BCUT2D eigenvalue weighted by molar-refractivity contribution is 5.94. The van der Waals surface area contributed by atoms with Crippen molar-refractivity contribution in [3.63, 3.8) is 0 Å². The van der Waals surface area contributed by atoms with E-state index in [0.717, 1.165) is 25.3 Å². The smallest absolute Gasteiger partial charge is 0.337 e. The largest absolute Gasteiger partial charge is 0.478 e. The van der Waals surface area contributed by atoms with Crippen LogP contribution in [0.5, 0.6) is 0 Å². The third-order valence-electron chi connectivity index (χ3n) is 2.84. The van der Waals surface area contributed by atoms with Gasteiger partial charge in [0, 0.05) is 25.7 Å². The van der Waals surface area contributed by atoms with Crippen molar-refractivity contribution in [2.24, 2.45) is 0 Å². The number of carbonyl (C=O) groups is 1. The van der Waals surface area contributed by atoms with Crippen molar-refractivity contribution in [1.82, 2.24) is 5.32 Å². The second-order valence-electron chi connectivity index (χ2n) is 4.12. The molecule has 0 bridgehead atoms. The fourth-order valence-corrected chi connectivity index (χ4v) is 2.08. The highest BCUT2D eigenvalue weighted by Gasteiger charge is 2.20. The molecule has 1 fully saturated rings. The Bertz CT molecular complexity index is 392. The number of hydrogen-bond donors (Lipinski definition) is 2. The van der Waals surface area contributed by atoms with Crippen LogP contribution >= 0.6 is 0 Å². The highest BCUT2D eigenvalue weighted by Crippen LogP contribution is 2.21. The summed E-state index contributed by atoms with van der Waals surface area (Å²) in [6.07, 6.45) is 0. The number of hydrogen-bond acceptors (Lipinski definition) is 3. The minimum atomic E-state index is -0.859. The molecule has 0 radical (unpaired) electrons. The summed E-state index contributed by atoms with van der Waals surface area (Å²) >= 11 is 0. The number of para-hydroxylation sites is 1. The second-order valence-corrected chi connectivity index (χ2v) is 4.12. The van der Waals surface area contributed by atoms with E-state index in [4.69, 9.17) is 5.11 Å². The third-order valence-corrected chi connectivity index (χ3v) is 2.84. The van der Waals surface area contributed by atoms with Gasteiger partial charge in [0.1, 0.15) is 0 Å². The summed E-state index contributed by atoms with van der Waals surface area (Å²) in [6, 6.07) is 7.58. The Morgan fingerprint density at radius 1 is 1.50 bits per heavy atom. The van der Waals surface area contributed by atoms with Crippen molar-refractivity contribution >= 4 is 11.7 Å². The minimum Gasteiger partial charge on any atom is -0.478 e. The van der Waals surface area contributed by atoms with Crippen LogP contribution in [-0.4, -0.2) is 36.8 Å². The fourth-order valence-electron chi connectivity index (χ4n) is 2.08. The number of piperazine rings is 1. The first-order chi connectivity index (χ1) is 7.68. The van der Waals surface area contributed by atoms with E-state index in [9.17, 15) is 4.79 Å². The Labute approximate surface area is 94.9 Å². The Morgan fingerprint density at radius 2 is 2.25 bits per heavy atom. The zero-order valence-electron chi connectivity index (χ0n) is 9.31. The molecule has 1 aromatic rings. The summed E-state index contributed by atoms with van der Waals surface area (Å²) in [7, 11) is 0. The molecule has 1 aromatic carbocycles. The molecular formula is C12H16N2O2. The van der Waals surface area contributed by atoms with Gasteiger partial charge < -0.3 is 15.3 Å². The van der Waals surface area contributed by atoms with E-state index in [1.165, 1.54) is 0 Å². The van der Waals surface area contributed by atoms with Crippen LogP contribution in [0, 0.1) is 0 Å². The van der Waals surface area contributed by atoms with Gasteiger partial charge in [0.25, 0.3) is 0 Å². The maximum Gasteiger partial charge on any atom is 0.337 e. The van der Waals surface area contributed by atoms with Crippen molar-refractivity contribution < 1.29 is 9.90 Å². The van der Waals surface area contributed by atoms with Gasteiger partial charge in [-0.1, -0.05) is 12.1 Å². The van der Waals surface area contributed by atoms with Crippen LogP contribution in [0.4, 0.5) is 5.69 Å². The molecule has 0 unspecified atom stereocenters. The van der Waals surface area contributed by atoms with Gasteiger partial charge >= 0.3 is 5.97 Å². The lowest BCUT2D eigenvalue weighted by Gasteiger charge is -2.34. The lowest BCUT2D eigenvalue weighted by atomic mass is 10.1. The average Bonchev–Trinajstić information content (AvgIpc) is 2.29. The van der Waals surface area contributed by atoms with Gasteiger partial charge in [-0.3, -0.25) is 0 Å². The molecular weight excluding hydrogens is 204 g/mol. The van der Waals surface area contributed by atoms with Crippen LogP contribution in [0.15, 0.2) is 24.3 Å². The number of nitrogens with zero attached hydrogens (tertiary/aromatic N) is 1. The van der Waals surface area contributed by atoms with E-state index < -0.39 is 5.97 Å². The Morgan fingerprint density at radius 3 is 2.94 bits per heavy atom. The zero-order valence-corrected chi connectivity index (χ0v) is 9.31. The number of rotatable bonds is 2. The van der Waals surface area contributed by atoms with Gasteiger partial charge in [-0.05, 0) is 19.1 Å². The van der Waals surface area contributed by atoms with Gasteiger partial charge in [-0.25, -0.2) is 4.79 Å². The molecule has 16 heavy (non-hydrogen) atoms. The first-order valence-electron chi connectivity index (χ1n) is 5.49. The van der Waals surface area contributed by atoms with Gasteiger partial charge in [0.05, 0.1) is 11.3 Å². The average molecular weight is 220 g/mol. The van der Waals surface area contributed by atoms with Gasteiger partial charge in [0.15, 0.2) is 0 Å². The molecule has 1 heterocycles. The highest BCUT2D eigenvalue weighted by atomic mass is 16.4. The van der Waals surface area contributed by atoms with Crippen LogP contribution in [-0.2, 0) is 0 Å². The SMILES string of the molecule is C[C@H]1CN(c2ccccc2C(=O)O)CCN1. The van der Waals surface area contributed by atoms with E-state index in [0.29, 0.717) is 11.6 Å². The first-order valence-corrected chi connectivity index (χ1v) is 5.49. The fraction of sp³-hybridized carbons (Fsp3) is 0.417. The van der Waals surface area contributed by atoms with Crippen molar-refractivity contribution in [3.8, 4) is 0 Å². The molecule has 1 aliphatic heterocycles. The monoisotopic (exact) mass is 220 g/mol. The van der Waals surface area contributed by atoms with Crippen molar-refractivity contribution in [2.75, 3.05) is 24.5 Å². The van der Waals surface area contributed by atoms with Crippen LogP contribution < -0.4 is 10.2 Å². The standard InChI is InChI=1S/C12H16N2O2/c1-9-8-14(7-6-13-9)11-5-3-2-4-10(11)12(15)16/h2-5,9,13H,6-8H2,1H3,(H,15,16)/t9-/m0/s1. The van der Waals surface area contributed by atoms with E-state index in [1.54, 1.807) is 12.1 Å². The Kier molecular flexibility index (Phi) is 3.10. The number of benzene rings is 1. The molecule has 0 spiro atoms. The second kappa shape index (κ2) is 4.53. The molecule has 1 saturated heterocycles. The van der Waals surface area contributed by atoms with Gasteiger partial charge in [-0.2, -0.15) is 0 Å². The molecule has 4 nitrogen and oxygen atoms in total. The first kappa shape index (κ1) is 11.0. The predicted molar refractivity (Wildman–Crippen MR) is 63.1 cm³/mol. The van der Waals surface area contributed by atoms with E-state index in [2.05, 4.69) is 17.1 Å². The number of carboxylic acid groups (broad SMARTS) is 1. The molecule has 86 valence electrons. The molecule has 2 rings (SSSR count). The zero-order chi connectivity index (χ0) is 11.5. The maximum absolute atomic E-state index is 11.1. The molecule has 2 N–H and O–H groups in total. The summed E-state index contributed by atoms with van der Waals surface area (Å²) in [4.78, 5) is 13.2. The topological polar surface area (TPSA) is 52.6 Å². The lowest BCUT2D eigenvalue weighted by Crippen LogP contribution is -2.49. The quantitative estimate of drug-likeness (QED) is 0.786. The minimum absolute atomic E-state index is 0.386. The third kappa shape index (κ3) is 2.17. The van der Waals surface area contributed by atoms with Crippen molar-refractivity contribution in [3.05, 3.63) is 29.8 Å². The Balaban J connectivity index is 2.28. The molecule has 0 saturated carbocycles. The summed E-state index contributed by atoms with van der Waals surface area (Å²) in [5.74, 6) is -0.859. The molecule has 1 atom stereocenters. The molecule has 0 aromatic heterocycles. The number of carboxylic acids is 1. The maximum atomic E-state index is 11.1. The van der Waals surface area contributed by atoms with Crippen LogP contribution in [0.3, 0.4) is 0 Å². The number of nitrogens with one attached hydrogen (secondary N) is 1. The normalized spacial score (nSPS) is 20.8. The van der Waals surface area contributed by atoms with Crippen LogP contribution in [0.2, 0.25) is 0 Å². The summed E-state index contributed by atoms with van der Waals surface area (Å²) in [5, 5.41) is 12.5. The lowest BCUT2D eigenvalue weighted by molar-refractivity contribution is 0.0697. The summed E-state index contributed by atoms with van der Waals surface area (Å²) in [5.41, 5.74) is 1.21. The van der Waals surface area contributed by atoms with E-state index in [1.807, 2.05) is 12.1 Å². The number of anilines is 1. The number of aromatic carboxylic acids is 1. The molecule has 4 heteroatoms. The predicted octanol–water partition coefficient (Wildman–Crippen LogP) is 1.18. The summed E-state index contributed by atoms with van der Waals surface area (Å²) < 4.78 is 0. The van der Waals surface area contributed by atoms with E-state index >= 15 is 0 Å². The Hall–Kier alpha value is -1.55. The molecule has 1 aliphatic rings.